The molecule has 1 aliphatic carbocycles. The van der Waals surface area contributed by atoms with E-state index in [2.05, 4.69) is 31.2 Å². The molecule has 0 aromatic heterocycles. The van der Waals surface area contributed by atoms with Crippen LogP contribution in [0.1, 0.15) is 40.7 Å². The number of Topliss-reactive ketones (excluding diaryl/α,β-unsaturated/α-hetero) is 1. The van der Waals surface area contributed by atoms with E-state index in [1.807, 2.05) is 24.3 Å². The highest BCUT2D eigenvalue weighted by Gasteiger charge is 2.23. The van der Waals surface area contributed by atoms with E-state index in [0.717, 1.165) is 30.6 Å². The minimum absolute atomic E-state index is 0.188. The molecule has 2 aromatic carbocycles. The summed E-state index contributed by atoms with van der Waals surface area (Å²) < 4.78 is 5.69. The number of hydrogen-bond donors (Lipinski definition) is 0. The molecule has 0 spiro atoms. The Balaban J connectivity index is 1.55. The lowest BCUT2D eigenvalue weighted by atomic mass is 10.0. The van der Waals surface area contributed by atoms with Crippen LogP contribution in [0.4, 0.5) is 0 Å². The van der Waals surface area contributed by atoms with Gasteiger partial charge in [0.2, 0.25) is 0 Å². The first-order valence-electron chi connectivity index (χ1n) is 7.56. The first-order valence-corrected chi connectivity index (χ1v) is 7.56. The molecule has 1 saturated carbocycles. The van der Waals surface area contributed by atoms with E-state index < -0.39 is 0 Å². The lowest BCUT2D eigenvalue weighted by Gasteiger charge is -2.06. The molecular weight excluding hydrogens is 260 g/mol. The Labute approximate surface area is 125 Å². The van der Waals surface area contributed by atoms with Crippen LogP contribution >= 0.6 is 0 Å². The summed E-state index contributed by atoms with van der Waals surface area (Å²) in [4.78, 5) is 12.2. The van der Waals surface area contributed by atoms with E-state index in [1.165, 1.54) is 11.1 Å². The van der Waals surface area contributed by atoms with Crippen molar-refractivity contribution >= 4 is 5.78 Å². The first kappa shape index (κ1) is 13.9. The fourth-order valence-electron chi connectivity index (χ4n) is 2.25. The van der Waals surface area contributed by atoms with Crippen LogP contribution < -0.4 is 4.74 Å². The largest absolute Gasteiger partial charge is 0.490 e. The van der Waals surface area contributed by atoms with Gasteiger partial charge in [0, 0.05) is 12.0 Å². The van der Waals surface area contributed by atoms with E-state index in [9.17, 15) is 4.79 Å². The predicted octanol–water partition coefficient (Wildman–Crippen LogP) is 4.35. The molecule has 0 bridgehead atoms. The van der Waals surface area contributed by atoms with Crippen molar-refractivity contribution in [2.45, 2.75) is 38.7 Å². The van der Waals surface area contributed by atoms with Gasteiger partial charge in [-0.2, -0.15) is 0 Å². The number of carbonyl (C=O) groups excluding carboxylic acids is 1. The molecule has 1 aliphatic rings. The second-order valence-electron chi connectivity index (χ2n) is 5.75. The summed E-state index contributed by atoms with van der Waals surface area (Å²) in [5, 5.41) is 0. The molecule has 2 nitrogen and oxygen atoms in total. The van der Waals surface area contributed by atoms with Crippen molar-refractivity contribution in [3.05, 3.63) is 65.2 Å². The Bertz CT molecular complexity index is 607. The second kappa shape index (κ2) is 6.13. The molecule has 0 radical (unpaired) electrons. The monoisotopic (exact) mass is 280 g/mol. The van der Waals surface area contributed by atoms with Gasteiger partial charge < -0.3 is 4.74 Å². The quantitative estimate of drug-likeness (QED) is 0.735. The molecule has 2 aromatic rings. The topological polar surface area (TPSA) is 26.3 Å². The van der Waals surface area contributed by atoms with Crippen LogP contribution in [0.3, 0.4) is 0 Å². The minimum atomic E-state index is 0.188. The van der Waals surface area contributed by atoms with Crippen molar-refractivity contribution in [1.82, 2.24) is 0 Å². The molecule has 21 heavy (non-hydrogen) atoms. The highest BCUT2D eigenvalue weighted by Crippen LogP contribution is 2.26. The molecule has 0 saturated heterocycles. The van der Waals surface area contributed by atoms with Crippen molar-refractivity contribution in [3.63, 3.8) is 0 Å². The van der Waals surface area contributed by atoms with Gasteiger partial charge >= 0.3 is 0 Å². The normalized spacial score (nSPS) is 14.0. The molecule has 0 atom stereocenters. The lowest BCUT2D eigenvalue weighted by Crippen LogP contribution is -2.02. The van der Waals surface area contributed by atoms with E-state index in [4.69, 9.17) is 4.74 Å². The zero-order valence-corrected chi connectivity index (χ0v) is 12.3. The zero-order valence-electron chi connectivity index (χ0n) is 12.3. The summed E-state index contributed by atoms with van der Waals surface area (Å²) >= 11 is 0. The molecule has 0 heterocycles. The Morgan fingerprint density at radius 3 is 2.33 bits per heavy atom. The molecule has 0 amide bonds. The minimum Gasteiger partial charge on any atom is -0.490 e. The van der Waals surface area contributed by atoms with E-state index >= 15 is 0 Å². The fraction of sp³-hybridized carbons (Fsp3) is 0.316. The number of hydrogen-bond acceptors (Lipinski definition) is 2. The maximum atomic E-state index is 12.2. The molecule has 3 rings (SSSR count). The third-order valence-corrected chi connectivity index (χ3v) is 3.76. The van der Waals surface area contributed by atoms with Gasteiger partial charge in [-0.05, 0) is 56.0 Å². The van der Waals surface area contributed by atoms with Gasteiger partial charge in [0.25, 0.3) is 0 Å². The summed E-state index contributed by atoms with van der Waals surface area (Å²) in [6.45, 7) is 2.07. The Morgan fingerprint density at radius 2 is 1.71 bits per heavy atom. The number of benzene rings is 2. The van der Waals surface area contributed by atoms with Gasteiger partial charge in [-0.15, -0.1) is 0 Å². The van der Waals surface area contributed by atoms with Crippen molar-refractivity contribution in [1.29, 1.82) is 0 Å². The standard InChI is InChI=1S/C19H20O2/c1-14-2-4-15(5-3-14)6-13-19(20)16-7-9-17(10-8-16)21-18-11-12-18/h2-5,7-10,18H,6,11-13H2,1H3. The summed E-state index contributed by atoms with van der Waals surface area (Å²) in [6.07, 6.45) is 4.04. The van der Waals surface area contributed by atoms with Crippen LogP contribution in [-0.4, -0.2) is 11.9 Å². The fourth-order valence-corrected chi connectivity index (χ4v) is 2.25. The van der Waals surface area contributed by atoms with Gasteiger partial charge in [-0.3, -0.25) is 4.79 Å². The number of ether oxygens (including phenoxy) is 1. The average molecular weight is 280 g/mol. The lowest BCUT2D eigenvalue weighted by molar-refractivity contribution is 0.0983. The maximum Gasteiger partial charge on any atom is 0.163 e. The molecule has 0 N–H and O–H groups in total. The summed E-state index contributed by atoms with van der Waals surface area (Å²) in [6, 6.07) is 15.9. The molecule has 1 fully saturated rings. The van der Waals surface area contributed by atoms with Gasteiger partial charge in [-0.1, -0.05) is 29.8 Å². The van der Waals surface area contributed by atoms with Crippen LogP contribution in [-0.2, 0) is 6.42 Å². The number of rotatable bonds is 6. The van der Waals surface area contributed by atoms with Crippen molar-refractivity contribution in [2.75, 3.05) is 0 Å². The SMILES string of the molecule is Cc1ccc(CCC(=O)c2ccc(OC3CC3)cc2)cc1. The second-order valence-corrected chi connectivity index (χ2v) is 5.75. The summed E-state index contributed by atoms with van der Waals surface area (Å²) in [5.41, 5.74) is 3.23. The third-order valence-electron chi connectivity index (χ3n) is 3.76. The summed E-state index contributed by atoms with van der Waals surface area (Å²) in [7, 11) is 0. The number of aryl methyl sites for hydroxylation is 2. The Hall–Kier alpha value is -2.09. The smallest absolute Gasteiger partial charge is 0.163 e. The molecule has 0 aliphatic heterocycles. The molecular formula is C19H20O2. The van der Waals surface area contributed by atoms with Crippen LogP contribution in [0, 0.1) is 6.92 Å². The maximum absolute atomic E-state index is 12.2. The number of ketones is 1. The average Bonchev–Trinajstić information content (AvgIpc) is 3.31. The number of carbonyl (C=O) groups is 1. The Kier molecular flexibility index (Phi) is 4.05. The molecule has 108 valence electrons. The van der Waals surface area contributed by atoms with Crippen LogP contribution in [0.15, 0.2) is 48.5 Å². The molecule has 2 heteroatoms. The zero-order chi connectivity index (χ0) is 14.7. The first-order chi connectivity index (χ1) is 10.2. The summed E-state index contributed by atoms with van der Waals surface area (Å²) in [5.74, 6) is 1.06. The Morgan fingerprint density at radius 1 is 1.05 bits per heavy atom. The van der Waals surface area contributed by atoms with Gasteiger partial charge in [0.1, 0.15) is 5.75 Å². The van der Waals surface area contributed by atoms with Crippen LogP contribution in [0.2, 0.25) is 0 Å². The van der Waals surface area contributed by atoms with Crippen molar-refractivity contribution in [3.8, 4) is 5.75 Å². The van der Waals surface area contributed by atoms with Gasteiger partial charge in [0.05, 0.1) is 6.10 Å². The van der Waals surface area contributed by atoms with E-state index in [-0.39, 0.29) is 5.78 Å². The third kappa shape index (κ3) is 3.94. The van der Waals surface area contributed by atoms with Crippen molar-refractivity contribution < 1.29 is 9.53 Å². The molecule has 0 unspecified atom stereocenters. The highest BCUT2D eigenvalue weighted by molar-refractivity contribution is 5.96. The van der Waals surface area contributed by atoms with Crippen LogP contribution in [0.5, 0.6) is 5.75 Å². The van der Waals surface area contributed by atoms with Gasteiger partial charge in [-0.25, -0.2) is 0 Å². The van der Waals surface area contributed by atoms with Crippen LogP contribution in [0.25, 0.3) is 0 Å². The van der Waals surface area contributed by atoms with Crippen molar-refractivity contribution in [2.24, 2.45) is 0 Å². The van der Waals surface area contributed by atoms with Gasteiger partial charge in [0.15, 0.2) is 5.78 Å². The van der Waals surface area contributed by atoms with E-state index in [1.54, 1.807) is 0 Å². The predicted molar refractivity (Wildman–Crippen MR) is 83.9 cm³/mol. The van der Waals surface area contributed by atoms with E-state index in [0.29, 0.717) is 12.5 Å². The highest BCUT2D eigenvalue weighted by atomic mass is 16.5.